The van der Waals surface area contributed by atoms with Crippen LogP contribution in [0.4, 0.5) is 11.6 Å². The molecule has 2 aliphatic rings. The number of hydrogen-bond donors (Lipinski definition) is 3. The van der Waals surface area contributed by atoms with E-state index in [9.17, 15) is 13.2 Å². The molecule has 1 aromatic carbocycles. The van der Waals surface area contributed by atoms with Crippen LogP contribution in [0.5, 0.6) is 0 Å². The smallest absolute Gasteiger partial charge is 0.238 e. The molecule has 2 atom stereocenters. The van der Waals surface area contributed by atoms with Gasteiger partial charge in [0.15, 0.2) is 0 Å². The molecule has 3 heterocycles. The zero-order valence-corrected chi connectivity index (χ0v) is 19.3. The van der Waals surface area contributed by atoms with E-state index in [-0.39, 0.29) is 30.0 Å². The number of hydrogen-bond acceptors (Lipinski definition) is 7. The molecule has 0 bridgehead atoms. The molecule has 33 heavy (non-hydrogen) atoms. The molecule has 2 fully saturated rings. The average molecular weight is 471 g/mol. The molecule has 1 amide bonds. The molecule has 2 aromatic heterocycles. The van der Waals surface area contributed by atoms with Crippen LogP contribution >= 0.6 is 0 Å². The molecule has 1 saturated heterocycles. The standard InChI is InChI=1S/C22H26N6O4S/c1-13-11-27(12-14(2)32-13)28(33(30)31)17-7-5-15(6-8-17)19-18-9-10-23-20(18)25-22(24-19)26-21(29)16-3-4-16/h5-10,13-14,16,33H,3-4,11-12H2,1-2H3,(H2,23,24,25,26,29). The second-order valence-electron chi connectivity index (χ2n) is 8.60. The number of anilines is 2. The van der Waals surface area contributed by atoms with Gasteiger partial charge >= 0.3 is 0 Å². The van der Waals surface area contributed by atoms with Crippen molar-refractivity contribution in [1.29, 1.82) is 0 Å². The molecule has 3 aromatic rings. The number of H-pyrrole nitrogens is 1. The second kappa shape index (κ2) is 8.73. The zero-order valence-electron chi connectivity index (χ0n) is 18.4. The number of hydrazine groups is 1. The predicted molar refractivity (Wildman–Crippen MR) is 125 cm³/mol. The maximum absolute atomic E-state index is 12.2. The van der Waals surface area contributed by atoms with Gasteiger partial charge in [0.1, 0.15) is 5.65 Å². The lowest BCUT2D eigenvalue weighted by atomic mass is 10.1. The number of morpholine rings is 1. The van der Waals surface area contributed by atoms with Gasteiger partial charge in [-0.2, -0.15) is 4.98 Å². The van der Waals surface area contributed by atoms with E-state index < -0.39 is 10.9 Å². The van der Waals surface area contributed by atoms with Crippen molar-refractivity contribution < 1.29 is 17.9 Å². The first-order chi connectivity index (χ1) is 15.9. The fourth-order valence-electron chi connectivity index (χ4n) is 4.19. The van der Waals surface area contributed by atoms with Crippen LogP contribution in [0.25, 0.3) is 22.3 Å². The number of ether oxygens (including phenoxy) is 1. The minimum atomic E-state index is -2.88. The molecule has 1 aliphatic heterocycles. The summed E-state index contributed by atoms with van der Waals surface area (Å²) in [5.74, 6) is 0.230. The fourth-order valence-corrected chi connectivity index (χ4v) is 4.87. The van der Waals surface area contributed by atoms with Crippen LogP contribution in [0.3, 0.4) is 0 Å². The van der Waals surface area contributed by atoms with Crippen LogP contribution in [0.15, 0.2) is 36.5 Å². The van der Waals surface area contributed by atoms with Gasteiger partial charge in [0.25, 0.3) is 0 Å². The highest BCUT2D eigenvalue weighted by atomic mass is 32.2. The summed E-state index contributed by atoms with van der Waals surface area (Å²) in [6, 6.07) is 9.05. The molecular weight excluding hydrogens is 444 g/mol. The van der Waals surface area contributed by atoms with Crippen LogP contribution in [-0.2, 0) is 20.4 Å². The third-order valence-electron chi connectivity index (χ3n) is 5.79. The lowest BCUT2D eigenvalue weighted by Gasteiger charge is -2.39. The fraction of sp³-hybridized carbons (Fsp3) is 0.409. The molecule has 0 radical (unpaired) electrons. The number of nitrogens with zero attached hydrogens (tertiary/aromatic N) is 4. The van der Waals surface area contributed by atoms with Crippen LogP contribution < -0.4 is 9.73 Å². The highest BCUT2D eigenvalue weighted by Crippen LogP contribution is 2.32. The summed E-state index contributed by atoms with van der Waals surface area (Å²) in [4.78, 5) is 24.3. The maximum atomic E-state index is 12.2. The van der Waals surface area contributed by atoms with Gasteiger partial charge in [0.05, 0.1) is 23.6 Å². The summed E-state index contributed by atoms with van der Waals surface area (Å²) in [5, 5.41) is 5.41. The summed E-state index contributed by atoms with van der Waals surface area (Å²) in [6.07, 6.45) is 3.41. The minimum Gasteiger partial charge on any atom is -0.373 e. The van der Waals surface area contributed by atoms with Gasteiger partial charge in [-0.3, -0.25) is 10.1 Å². The molecule has 174 valence electrons. The highest BCUT2D eigenvalue weighted by molar-refractivity contribution is 7.73. The Bertz CT molecular complexity index is 1240. The highest BCUT2D eigenvalue weighted by Gasteiger charge is 2.31. The van der Waals surface area contributed by atoms with E-state index in [2.05, 4.69) is 20.3 Å². The summed E-state index contributed by atoms with van der Waals surface area (Å²) in [7, 11) is -2.88. The van der Waals surface area contributed by atoms with Gasteiger partial charge in [-0.25, -0.2) is 22.8 Å². The number of carbonyl (C=O) groups excluding carboxylic acids is 1. The van der Waals surface area contributed by atoms with Crippen molar-refractivity contribution in [2.45, 2.75) is 38.9 Å². The van der Waals surface area contributed by atoms with E-state index in [1.807, 2.05) is 32.0 Å². The zero-order chi connectivity index (χ0) is 23.1. The van der Waals surface area contributed by atoms with Crippen molar-refractivity contribution in [3.05, 3.63) is 36.5 Å². The monoisotopic (exact) mass is 470 g/mol. The van der Waals surface area contributed by atoms with E-state index in [1.165, 1.54) is 4.41 Å². The number of nitrogens with one attached hydrogen (secondary N) is 2. The van der Waals surface area contributed by atoms with Crippen molar-refractivity contribution >= 4 is 39.5 Å². The molecular formula is C22H26N6O4S. The number of carbonyl (C=O) groups is 1. The number of amides is 1. The van der Waals surface area contributed by atoms with E-state index in [0.717, 1.165) is 23.8 Å². The van der Waals surface area contributed by atoms with E-state index in [1.54, 1.807) is 23.3 Å². The quantitative estimate of drug-likeness (QED) is 0.473. The summed E-state index contributed by atoms with van der Waals surface area (Å²) in [5.41, 5.74) is 2.61. The second-order valence-corrected chi connectivity index (χ2v) is 9.46. The van der Waals surface area contributed by atoms with Crippen molar-refractivity contribution in [3.63, 3.8) is 0 Å². The van der Waals surface area contributed by atoms with Gasteiger partial charge in [-0.05, 0) is 44.9 Å². The van der Waals surface area contributed by atoms with Crippen molar-refractivity contribution in [2.24, 2.45) is 5.92 Å². The van der Waals surface area contributed by atoms with E-state index >= 15 is 0 Å². The summed E-state index contributed by atoms with van der Waals surface area (Å²) < 4.78 is 31.3. The number of fused-ring (bicyclic) bond motifs is 1. The predicted octanol–water partition coefficient (Wildman–Crippen LogP) is 2.33. The Labute approximate surface area is 193 Å². The van der Waals surface area contributed by atoms with E-state index in [4.69, 9.17) is 4.74 Å². The Kier molecular flexibility index (Phi) is 5.77. The van der Waals surface area contributed by atoms with E-state index in [0.29, 0.717) is 30.1 Å². The van der Waals surface area contributed by atoms with Gasteiger partial charge in [-0.1, -0.05) is 12.1 Å². The Balaban J connectivity index is 1.46. The van der Waals surface area contributed by atoms with Crippen molar-refractivity contribution in [3.8, 4) is 11.3 Å². The van der Waals surface area contributed by atoms with Crippen molar-refractivity contribution in [2.75, 3.05) is 22.8 Å². The molecule has 2 unspecified atom stereocenters. The number of aromatic amines is 1. The number of aromatic nitrogens is 3. The topological polar surface area (TPSA) is 121 Å². The number of benzene rings is 1. The molecule has 10 nitrogen and oxygen atoms in total. The first-order valence-electron chi connectivity index (χ1n) is 11.0. The number of rotatable bonds is 6. The molecule has 11 heteroatoms. The average Bonchev–Trinajstić information content (AvgIpc) is 3.51. The van der Waals surface area contributed by atoms with Gasteiger partial charge in [0, 0.05) is 36.2 Å². The molecule has 2 N–H and O–H groups in total. The first-order valence-corrected chi connectivity index (χ1v) is 12.1. The Morgan fingerprint density at radius 2 is 1.82 bits per heavy atom. The Hall–Kier alpha value is -3.02. The van der Waals surface area contributed by atoms with Crippen molar-refractivity contribution in [1.82, 2.24) is 20.0 Å². The minimum absolute atomic E-state index is 0.0429. The molecule has 0 spiro atoms. The largest absolute Gasteiger partial charge is 0.373 e. The van der Waals surface area contributed by atoms with Crippen LogP contribution in [-0.4, -0.2) is 59.6 Å². The van der Waals surface area contributed by atoms with Crippen LogP contribution in [0.1, 0.15) is 26.7 Å². The van der Waals surface area contributed by atoms with Gasteiger partial charge in [0.2, 0.25) is 22.7 Å². The first kappa shape index (κ1) is 21.8. The van der Waals surface area contributed by atoms with Gasteiger partial charge in [-0.15, -0.1) is 0 Å². The third kappa shape index (κ3) is 4.56. The lowest BCUT2D eigenvalue weighted by molar-refractivity contribution is -0.117. The van der Waals surface area contributed by atoms with Crippen LogP contribution in [0.2, 0.25) is 0 Å². The SMILES string of the molecule is CC1CN(N(c2ccc(-c3nc(NC(=O)C4CC4)nc4[nH]ccc34)cc2)[SH](=O)=O)CC(C)O1. The summed E-state index contributed by atoms with van der Waals surface area (Å²) in [6.45, 7) is 4.82. The van der Waals surface area contributed by atoms with Gasteiger partial charge < -0.3 is 9.72 Å². The van der Waals surface area contributed by atoms with Crippen LogP contribution in [0, 0.1) is 5.92 Å². The Morgan fingerprint density at radius 3 is 2.45 bits per heavy atom. The third-order valence-corrected chi connectivity index (χ3v) is 6.59. The number of thiol groups is 1. The molecule has 5 rings (SSSR count). The summed E-state index contributed by atoms with van der Waals surface area (Å²) >= 11 is 0. The lowest BCUT2D eigenvalue weighted by Crippen LogP contribution is -2.53. The molecule has 1 aliphatic carbocycles. The maximum Gasteiger partial charge on any atom is 0.238 e. The normalized spacial score (nSPS) is 21.4. The Morgan fingerprint density at radius 1 is 1.12 bits per heavy atom. The molecule has 1 saturated carbocycles.